The molecule has 4 nitrogen and oxygen atoms in total. The van der Waals surface area contributed by atoms with Crippen LogP contribution in [0.15, 0.2) is 0 Å². The van der Waals surface area contributed by atoms with Crippen LogP contribution in [0.2, 0.25) is 0 Å². The molecule has 0 aliphatic carbocycles. The second kappa shape index (κ2) is 5.24. The number of hydrogen-bond donors (Lipinski definition) is 2. The zero-order chi connectivity index (χ0) is 8.81. The molecule has 1 heterocycles. The maximum Gasteiger partial charge on any atom is 0.0479 e. The normalized spacial score (nSPS) is 21.1. The van der Waals surface area contributed by atoms with Crippen LogP contribution in [-0.4, -0.2) is 62.5 Å². The van der Waals surface area contributed by atoms with Crippen molar-refractivity contribution in [3.63, 3.8) is 0 Å². The van der Waals surface area contributed by atoms with Gasteiger partial charge in [0, 0.05) is 45.6 Å². The van der Waals surface area contributed by atoms with Gasteiger partial charge in [0.25, 0.3) is 0 Å². The van der Waals surface area contributed by atoms with Gasteiger partial charge in [-0.2, -0.15) is 0 Å². The van der Waals surface area contributed by atoms with E-state index in [1.165, 1.54) is 6.21 Å². The maximum absolute atomic E-state index is 6.98. The molecule has 4 heteroatoms. The highest BCUT2D eigenvalue weighted by Crippen LogP contribution is 1.98. The highest BCUT2D eigenvalue weighted by atomic mass is 15.3. The van der Waals surface area contributed by atoms with E-state index < -0.39 is 0 Å². The van der Waals surface area contributed by atoms with Gasteiger partial charge in [-0.25, -0.2) is 0 Å². The molecule has 0 unspecified atom stereocenters. The number of nitrogens with zero attached hydrogens (tertiary/aromatic N) is 2. The van der Waals surface area contributed by atoms with Crippen molar-refractivity contribution in [1.82, 2.24) is 15.1 Å². The first-order chi connectivity index (χ1) is 5.86. The molecule has 0 bridgehead atoms. The van der Waals surface area contributed by atoms with Crippen molar-refractivity contribution in [3.05, 3.63) is 0 Å². The average Bonchev–Trinajstić information content (AvgIpc) is 2.09. The quantitative estimate of drug-likeness (QED) is 0.555. The number of nitrogens with one attached hydrogen (secondary N) is 2. The SMILES string of the molecule is CNCN1CCN(CC=N)CC1. The summed E-state index contributed by atoms with van der Waals surface area (Å²) >= 11 is 0. The zero-order valence-electron chi connectivity index (χ0n) is 7.71. The first-order valence-corrected chi connectivity index (χ1v) is 4.45. The lowest BCUT2D eigenvalue weighted by Crippen LogP contribution is -2.48. The molecule has 0 amide bonds. The predicted octanol–water partition coefficient (Wildman–Crippen LogP) is -0.570. The minimum absolute atomic E-state index is 0.813. The molecule has 12 heavy (non-hydrogen) atoms. The second-order valence-electron chi connectivity index (χ2n) is 3.13. The maximum atomic E-state index is 6.98. The summed E-state index contributed by atoms with van der Waals surface area (Å²) in [5.74, 6) is 0. The Labute approximate surface area is 74.0 Å². The monoisotopic (exact) mass is 170 g/mol. The summed E-state index contributed by atoms with van der Waals surface area (Å²) in [4.78, 5) is 4.69. The van der Waals surface area contributed by atoms with E-state index in [2.05, 4.69) is 15.1 Å². The molecule has 1 aliphatic rings. The van der Waals surface area contributed by atoms with Crippen LogP contribution in [0.25, 0.3) is 0 Å². The largest absolute Gasteiger partial charge is 0.312 e. The number of piperazine rings is 1. The van der Waals surface area contributed by atoms with Crippen LogP contribution in [0, 0.1) is 5.41 Å². The lowest BCUT2D eigenvalue weighted by Gasteiger charge is -2.33. The van der Waals surface area contributed by atoms with Crippen molar-refractivity contribution >= 4 is 6.21 Å². The lowest BCUT2D eigenvalue weighted by molar-refractivity contribution is 0.141. The molecule has 0 aromatic rings. The number of hydrogen-bond acceptors (Lipinski definition) is 4. The van der Waals surface area contributed by atoms with Gasteiger partial charge in [0.1, 0.15) is 0 Å². The van der Waals surface area contributed by atoms with Crippen LogP contribution in [0.1, 0.15) is 0 Å². The molecule has 0 spiro atoms. The van der Waals surface area contributed by atoms with Crippen LogP contribution in [0.3, 0.4) is 0 Å². The molecule has 0 saturated carbocycles. The first kappa shape index (κ1) is 9.64. The summed E-state index contributed by atoms with van der Waals surface area (Å²) in [6.45, 7) is 6.23. The minimum atomic E-state index is 0.813. The second-order valence-corrected chi connectivity index (χ2v) is 3.13. The molecule has 1 rings (SSSR count). The Bertz CT molecular complexity index is 129. The first-order valence-electron chi connectivity index (χ1n) is 4.45. The van der Waals surface area contributed by atoms with E-state index in [1.807, 2.05) is 7.05 Å². The summed E-state index contributed by atoms with van der Waals surface area (Å²) in [6.07, 6.45) is 1.48. The third kappa shape index (κ3) is 2.89. The predicted molar refractivity (Wildman–Crippen MR) is 50.7 cm³/mol. The molecule has 2 N–H and O–H groups in total. The summed E-state index contributed by atoms with van der Waals surface area (Å²) in [5.41, 5.74) is 0. The third-order valence-electron chi connectivity index (χ3n) is 2.20. The van der Waals surface area contributed by atoms with E-state index in [9.17, 15) is 0 Å². The molecular formula is C8H18N4. The zero-order valence-corrected chi connectivity index (χ0v) is 7.71. The van der Waals surface area contributed by atoms with Gasteiger partial charge < -0.3 is 10.7 Å². The molecular weight excluding hydrogens is 152 g/mol. The Hall–Kier alpha value is -0.450. The third-order valence-corrected chi connectivity index (χ3v) is 2.20. The van der Waals surface area contributed by atoms with Crippen LogP contribution < -0.4 is 5.32 Å². The highest BCUT2D eigenvalue weighted by molar-refractivity contribution is 5.55. The number of rotatable bonds is 4. The van der Waals surface area contributed by atoms with Crippen LogP contribution in [0.5, 0.6) is 0 Å². The summed E-state index contributed by atoms with van der Waals surface area (Å²) in [7, 11) is 1.98. The van der Waals surface area contributed by atoms with E-state index in [1.54, 1.807) is 0 Å². The fourth-order valence-electron chi connectivity index (χ4n) is 1.48. The topological polar surface area (TPSA) is 42.4 Å². The molecule has 1 saturated heterocycles. The molecule has 0 aromatic carbocycles. The van der Waals surface area contributed by atoms with Gasteiger partial charge in [-0.05, 0) is 7.05 Å². The van der Waals surface area contributed by atoms with Crippen LogP contribution in [0.4, 0.5) is 0 Å². The standard InChI is InChI=1S/C8H18N4/c1-10-8-12-6-4-11(3-2-9)5-7-12/h2,9-10H,3-8H2,1H3. The molecule has 0 atom stereocenters. The Balaban J connectivity index is 2.15. The van der Waals surface area contributed by atoms with Gasteiger partial charge in [-0.15, -0.1) is 0 Å². The van der Waals surface area contributed by atoms with Crippen molar-refractivity contribution in [2.45, 2.75) is 0 Å². The van der Waals surface area contributed by atoms with Gasteiger partial charge in [0.05, 0.1) is 0 Å². The molecule has 1 aliphatic heterocycles. The summed E-state index contributed by atoms with van der Waals surface area (Å²) in [5, 5.41) is 10.1. The Morgan fingerprint density at radius 1 is 1.25 bits per heavy atom. The Morgan fingerprint density at radius 3 is 2.33 bits per heavy atom. The van der Waals surface area contributed by atoms with E-state index in [4.69, 9.17) is 5.41 Å². The van der Waals surface area contributed by atoms with Gasteiger partial charge in [0.2, 0.25) is 0 Å². The fraction of sp³-hybridized carbons (Fsp3) is 0.875. The van der Waals surface area contributed by atoms with Gasteiger partial charge >= 0.3 is 0 Å². The van der Waals surface area contributed by atoms with Crippen molar-refractivity contribution in [2.75, 3.05) is 46.4 Å². The van der Waals surface area contributed by atoms with Gasteiger partial charge in [0.15, 0.2) is 0 Å². The molecule has 0 aromatic heterocycles. The van der Waals surface area contributed by atoms with E-state index >= 15 is 0 Å². The summed E-state index contributed by atoms with van der Waals surface area (Å²) < 4.78 is 0. The van der Waals surface area contributed by atoms with Crippen molar-refractivity contribution in [1.29, 1.82) is 5.41 Å². The van der Waals surface area contributed by atoms with Gasteiger partial charge in [-0.1, -0.05) is 0 Å². The van der Waals surface area contributed by atoms with Gasteiger partial charge in [-0.3, -0.25) is 9.80 Å². The van der Waals surface area contributed by atoms with Crippen molar-refractivity contribution < 1.29 is 0 Å². The van der Waals surface area contributed by atoms with Crippen molar-refractivity contribution in [2.24, 2.45) is 0 Å². The lowest BCUT2D eigenvalue weighted by atomic mass is 10.3. The van der Waals surface area contributed by atoms with E-state index in [0.717, 1.165) is 39.4 Å². The van der Waals surface area contributed by atoms with E-state index in [0.29, 0.717) is 0 Å². The average molecular weight is 170 g/mol. The minimum Gasteiger partial charge on any atom is -0.312 e. The molecule has 70 valence electrons. The highest BCUT2D eigenvalue weighted by Gasteiger charge is 2.14. The molecule has 1 fully saturated rings. The Kier molecular flexibility index (Phi) is 4.21. The van der Waals surface area contributed by atoms with E-state index in [-0.39, 0.29) is 0 Å². The smallest absolute Gasteiger partial charge is 0.0479 e. The summed E-state index contributed by atoms with van der Waals surface area (Å²) in [6, 6.07) is 0. The molecule has 0 radical (unpaired) electrons. The Morgan fingerprint density at radius 2 is 1.83 bits per heavy atom. The van der Waals surface area contributed by atoms with Crippen molar-refractivity contribution in [3.8, 4) is 0 Å². The van der Waals surface area contributed by atoms with Crippen LogP contribution in [-0.2, 0) is 0 Å². The fourth-order valence-corrected chi connectivity index (χ4v) is 1.48. The van der Waals surface area contributed by atoms with Crippen LogP contribution >= 0.6 is 0 Å².